The highest BCUT2D eigenvalue weighted by molar-refractivity contribution is 5.36. The smallest absolute Gasteiger partial charge is 0.269 e. The largest absolute Gasteiger partial charge is 0.366 e. The number of hydrogen-bond donors (Lipinski definition) is 1. The van der Waals surface area contributed by atoms with E-state index in [2.05, 4.69) is 20.2 Å². The molecular formula is C19H23N5O2. The molecule has 1 aliphatic carbocycles. The molecule has 0 amide bonds. The van der Waals surface area contributed by atoms with Gasteiger partial charge < -0.3 is 5.32 Å². The Kier molecular flexibility index (Phi) is 4.79. The maximum absolute atomic E-state index is 10.8. The van der Waals surface area contributed by atoms with Crippen LogP contribution in [0, 0.1) is 10.1 Å². The van der Waals surface area contributed by atoms with Crippen molar-refractivity contribution >= 4 is 11.5 Å². The van der Waals surface area contributed by atoms with Crippen LogP contribution in [0.1, 0.15) is 43.0 Å². The predicted octanol–water partition coefficient (Wildman–Crippen LogP) is 3.34. The van der Waals surface area contributed by atoms with Crippen LogP contribution in [0.15, 0.2) is 36.5 Å². The summed E-state index contributed by atoms with van der Waals surface area (Å²) < 4.78 is 0. The Hall–Kier alpha value is -2.54. The van der Waals surface area contributed by atoms with E-state index in [0.29, 0.717) is 12.0 Å². The number of nitrogens with zero attached hydrogens (tertiary/aromatic N) is 4. The van der Waals surface area contributed by atoms with Crippen molar-refractivity contribution in [2.75, 3.05) is 18.4 Å². The van der Waals surface area contributed by atoms with Crippen molar-refractivity contribution in [3.63, 3.8) is 0 Å². The second kappa shape index (κ2) is 7.37. The molecule has 2 fully saturated rings. The van der Waals surface area contributed by atoms with Gasteiger partial charge in [0.25, 0.3) is 5.69 Å². The van der Waals surface area contributed by atoms with Crippen LogP contribution in [0.5, 0.6) is 0 Å². The summed E-state index contributed by atoms with van der Waals surface area (Å²) in [6, 6.07) is 9.16. The average molecular weight is 353 g/mol. The quantitative estimate of drug-likeness (QED) is 0.633. The zero-order chi connectivity index (χ0) is 17.9. The molecule has 1 aliphatic heterocycles. The van der Waals surface area contributed by atoms with Crippen LogP contribution in [0.3, 0.4) is 0 Å². The van der Waals surface area contributed by atoms with Crippen molar-refractivity contribution in [3.8, 4) is 0 Å². The lowest BCUT2D eigenvalue weighted by atomic mass is 10.0. The fourth-order valence-corrected chi connectivity index (χ4v) is 3.50. The van der Waals surface area contributed by atoms with Crippen LogP contribution in [0.2, 0.25) is 0 Å². The van der Waals surface area contributed by atoms with Crippen molar-refractivity contribution in [2.45, 2.75) is 44.2 Å². The number of benzene rings is 1. The molecule has 1 N–H and O–H groups in total. The Morgan fingerprint density at radius 3 is 2.73 bits per heavy atom. The predicted molar refractivity (Wildman–Crippen MR) is 99.0 cm³/mol. The summed E-state index contributed by atoms with van der Waals surface area (Å²) in [5.74, 6) is 2.44. The van der Waals surface area contributed by atoms with Crippen LogP contribution in [0.25, 0.3) is 0 Å². The normalized spacial score (nSPS) is 20.7. The number of nitro benzene ring substituents is 1. The molecular weight excluding hydrogens is 330 g/mol. The zero-order valence-corrected chi connectivity index (χ0v) is 14.7. The fraction of sp³-hybridized carbons (Fsp3) is 0.474. The van der Waals surface area contributed by atoms with Gasteiger partial charge in [-0.25, -0.2) is 9.97 Å². The molecule has 2 aromatic rings. The monoisotopic (exact) mass is 353 g/mol. The number of aromatic nitrogens is 2. The van der Waals surface area contributed by atoms with Crippen molar-refractivity contribution in [1.82, 2.24) is 14.9 Å². The molecule has 0 radical (unpaired) electrons. The molecule has 7 heteroatoms. The summed E-state index contributed by atoms with van der Waals surface area (Å²) in [5, 5.41) is 14.3. The molecule has 1 saturated carbocycles. The van der Waals surface area contributed by atoms with Crippen molar-refractivity contribution in [2.24, 2.45) is 0 Å². The second-order valence-corrected chi connectivity index (χ2v) is 7.22. The Morgan fingerprint density at radius 2 is 2.00 bits per heavy atom. The van der Waals surface area contributed by atoms with Gasteiger partial charge in [0.15, 0.2) is 0 Å². The maximum Gasteiger partial charge on any atom is 0.269 e. The third kappa shape index (κ3) is 4.16. The first-order valence-corrected chi connectivity index (χ1v) is 9.22. The van der Waals surface area contributed by atoms with Crippen LogP contribution >= 0.6 is 0 Å². The molecule has 0 spiro atoms. The van der Waals surface area contributed by atoms with Crippen LogP contribution in [-0.4, -0.2) is 38.9 Å². The number of nitro groups is 1. The number of rotatable bonds is 6. The molecule has 1 saturated heterocycles. The van der Waals surface area contributed by atoms with Crippen molar-refractivity contribution < 1.29 is 4.92 Å². The fourth-order valence-electron chi connectivity index (χ4n) is 3.50. The Bertz CT molecular complexity index is 776. The van der Waals surface area contributed by atoms with Gasteiger partial charge in [0, 0.05) is 43.4 Å². The van der Waals surface area contributed by atoms with Gasteiger partial charge in [0.2, 0.25) is 0 Å². The summed E-state index contributed by atoms with van der Waals surface area (Å²) in [5.41, 5.74) is 1.25. The van der Waals surface area contributed by atoms with E-state index < -0.39 is 0 Å². The Morgan fingerprint density at radius 1 is 1.19 bits per heavy atom. The van der Waals surface area contributed by atoms with Gasteiger partial charge in [-0.1, -0.05) is 12.1 Å². The van der Waals surface area contributed by atoms with Gasteiger partial charge in [0.05, 0.1) is 4.92 Å². The van der Waals surface area contributed by atoms with E-state index in [4.69, 9.17) is 0 Å². The van der Waals surface area contributed by atoms with Crippen LogP contribution < -0.4 is 5.32 Å². The van der Waals surface area contributed by atoms with Gasteiger partial charge in [-0.3, -0.25) is 15.0 Å². The molecule has 2 aliphatic rings. The maximum atomic E-state index is 10.8. The van der Waals surface area contributed by atoms with Crippen LogP contribution in [0.4, 0.5) is 11.5 Å². The number of nitrogens with one attached hydrogen (secondary N) is 1. The van der Waals surface area contributed by atoms with E-state index >= 15 is 0 Å². The Labute approximate surface area is 152 Å². The highest BCUT2D eigenvalue weighted by Gasteiger charge is 2.27. The first kappa shape index (κ1) is 16.9. The summed E-state index contributed by atoms with van der Waals surface area (Å²) >= 11 is 0. The van der Waals surface area contributed by atoms with Gasteiger partial charge in [-0.2, -0.15) is 0 Å². The minimum absolute atomic E-state index is 0.141. The minimum Gasteiger partial charge on any atom is -0.366 e. The topological polar surface area (TPSA) is 84.2 Å². The molecule has 1 aromatic carbocycles. The molecule has 26 heavy (non-hydrogen) atoms. The number of likely N-dealkylation sites (tertiary alicyclic amines) is 1. The molecule has 0 bridgehead atoms. The lowest BCUT2D eigenvalue weighted by molar-refractivity contribution is -0.384. The second-order valence-electron chi connectivity index (χ2n) is 7.22. The third-order valence-electron chi connectivity index (χ3n) is 5.03. The number of anilines is 1. The lowest BCUT2D eigenvalue weighted by Crippen LogP contribution is -2.41. The third-order valence-corrected chi connectivity index (χ3v) is 5.03. The zero-order valence-electron chi connectivity index (χ0n) is 14.7. The van der Waals surface area contributed by atoms with Gasteiger partial charge in [-0.15, -0.1) is 0 Å². The van der Waals surface area contributed by atoms with Gasteiger partial charge in [-0.05, 0) is 43.9 Å². The molecule has 7 nitrogen and oxygen atoms in total. The van der Waals surface area contributed by atoms with Gasteiger partial charge >= 0.3 is 0 Å². The lowest BCUT2D eigenvalue weighted by Gasteiger charge is -2.33. The molecule has 2 heterocycles. The number of non-ortho nitro benzene ring substituents is 1. The molecule has 4 rings (SSSR count). The summed E-state index contributed by atoms with van der Waals surface area (Å²) in [7, 11) is 0. The summed E-state index contributed by atoms with van der Waals surface area (Å²) in [6.07, 6.45) is 6.51. The summed E-state index contributed by atoms with van der Waals surface area (Å²) in [6.45, 7) is 2.80. The van der Waals surface area contributed by atoms with E-state index in [-0.39, 0.29) is 10.6 Å². The highest BCUT2D eigenvalue weighted by atomic mass is 16.6. The molecule has 1 atom stereocenters. The minimum atomic E-state index is -0.359. The first-order valence-electron chi connectivity index (χ1n) is 9.22. The van der Waals surface area contributed by atoms with E-state index in [1.807, 2.05) is 24.4 Å². The van der Waals surface area contributed by atoms with E-state index in [9.17, 15) is 10.1 Å². The molecule has 1 unspecified atom stereocenters. The van der Waals surface area contributed by atoms with E-state index in [1.165, 1.54) is 12.8 Å². The molecule has 136 valence electrons. The standard InChI is InChI=1S/C19H23N5O2/c25-24(26)17-7-3-14(4-8-17)12-23-11-1-2-16(13-23)21-18-9-10-20-19(22-18)15-5-6-15/h3-4,7-10,15-16H,1-2,5-6,11-13H2,(H,20,21,22). The first-order chi connectivity index (χ1) is 12.7. The highest BCUT2D eigenvalue weighted by Crippen LogP contribution is 2.38. The van der Waals surface area contributed by atoms with Crippen molar-refractivity contribution in [1.29, 1.82) is 0 Å². The number of hydrogen-bond acceptors (Lipinski definition) is 6. The summed E-state index contributed by atoms with van der Waals surface area (Å²) in [4.78, 5) is 21.8. The van der Waals surface area contributed by atoms with Crippen LogP contribution in [-0.2, 0) is 6.54 Å². The van der Waals surface area contributed by atoms with Crippen molar-refractivity contribution in [3.05, 3.63) is 58.0 Å². The van der Waals surface area contributed by atoms with Gasteiger partial charge in [0.1, 0.15) is 11.6 Å². The number of piperidine rings is 1. The van der Waals surface area contributed by atoms with E-state index in [0.717, 1.165) is 49.7 Å². The van der Waals surface area contributed by atoms with E-state index in [1.54, 1.807) is 12.1 Å². The Balaban J connectivity index is 1.35. The SMILES string of the molecule is O=[N+]([O-])c1ccc(CN2CCCC(Nc3ccnc(C4CC4)n3)C2)cc1. The average Bonchev–Trinajstić information content (AvgIpc) is 3.48. The molecule has 1 aromatic heterocycles.